The molecule has 0 radical (unpaired) electrons. The Morgan fingerprint density at radius 1 is 1.42 bits per heavy atom. The summed E-state index contributed by atoms with van der Waals surface area (Å²) in [5.74, 6) is 1.07. The lowest BCUT2D eigenvalue weighted by Gasteiger charge is -2.10. The Balaban J connectivity index is 1.84. The van der Waals surface area contributed by atoms with Crippen LogP contribution in [0.25, 0.3) is 0 Å². The monoisotopic (exact) mass is 276 g/mol. The summed E-state index contributed by atoms with van der Waals surface area (Å²) in [7, 11) is 1.87. The number of halogens is 1. The van der Waals surface area contributed by atoms with Crippen LogP contribution in [0.3, 0.4) is 0 Å². The van der Waals surface area contributed by atoms with Gasteiger partial charge < -0.3 is 9.67 Å². The van der Waals surface area contributed by atoms with Gasteiger partial charge in [0.05, 0.1) is 11.9 Å². The SMILES string of the molecule is Cn1c(Cl)cnc1[C@@H]1CC(c2ccccc2O)=NN1. The molecule has 98 valence electrons. The molecule has 0 saturated carbocycles. The van der Waals surface area contributed by atoms with Gasteiger partial charge in [-0.15, -0.1) is 0 Å². The second-order valence-corrected chi connectivity index (χ2v) is 4.85. The molecule has 2 aromatic rings. The van der Waals surface area contributed by atoms with E-state index in [2.05, 4.69) is 15.5 Å². The number of benzene rings is 1. The van der Waals surface area contributed by atoms with Crippen molar-refractivity contribution in [2.24, 2.45) is 12.1 Å². The lowest BCUT2D eigenvalue weighted by Crippen LogP contribution is -2.15. The summed E-state index contributed by atoms with van der Waals surface area (Å²) in [6, 6.07) is 7.15. The first-order chi connectivity index (χ1) is 9.16. The molecule has 6 heteroatoms. The molecule has 1 atom stereocenters. The molecular weight excluding hydrogens is 264 g/mol. The Bertz CT molecular complexity index is 650. The van der Waals surface area contributed by atoms with Gasteiger partial charge in [-0.1, -0.05) is 23.7 Å². The second-order valence-electron chi connectivity index (χ2n) is 4.46. The number of rotatable bonds is 2. The van der Waals surface area contributed by atoms with E-state index in [9.17, 15) is 5.11 Å². The number of hydrazone groups is 1. The van der Waals surface area contributed by atoms with Crippen LogP contribution in [0.4, 0.5) is 0 Å². The lowest BCUT2D eigenvalue weighted by molar-refractivity contribution is 0.474. The van der Waals surface area contributed by atoms with E-state index < -0.39 is 0 Å². The Labute approximate surface area is 115 Å². The van der Waals surface area contributed by atoms with E-state index in [0.717, 1.165) is 17.1 Å². The second kappa shape index (κ2) is 4.59. The Morgan fingerprint density at radius 3 is 2.89 bits per heavy atom. The molecule has 1 aliphatic heterocycles. The molecule has 2 N–H and O–H groups in total. The van der Waals surface area contributed by atoms with Gasteiger partial charge in [0.15, 0.2) is 0 Å². The first kappa shape index (κ1) is 12.0. The first-order valence-electron chi connectivity index (χ1n) is 5.94. The number of imidazole rings is 1. The lowest BCUT2D eigenvalue weighted by atomic mass is 10.0. The molecule has 0 unspecified atom stereocenters. The van der Waals surface area contributed by atoms with Gasteiger partial charge in [0.1, 0.15) is 22.8 Å². The van der Waals surface area contributed by atoms with Gasteiger partial charge in [0.2, 0.25) is 0 Å². The zero-order valence-corrected chi connectivity index (χ0v) is 11.1. The highest BCUT2D eigenvalue weighted by molar-refractivity contribution is 6.29. The van der Waals surface area contributed by atoms with Crippen LogP contribution >= 0.6 is 11.6 Å². The van der Waals surface area contributed by atoms with Gasteiger partial charge in [-0.05, 0) is 12.1 Å². The molecular formula is C13H13ClN4O. The zero-order valence-electron chi connectivity index (χ0n) is 10.3. The average molecular weight is 277 g/mol. The minimum Gasteiger partial charge on any atom is -0.507 e. The standard InChI is InChI=1S/C13H13ClN4O/c1-18-12(14)7-15-13(18)10-6-9(16-17-10)8-4-2-3-5-11(8)19/h2-5,7,10,17,19H,6H2,1H3/t10-/m0/s1. The van der Waals surface area contributed by atoms with Crippen molar-refractivity contribution in [1.82, 2.24) is 15.0 Å². The number of phenolic OH excluding ortho intramolecular Hbond substituents is 1. The fourth-order valence-electron chi connectivity index (χ4n) is 2.20. The predicted molar refractivity (Wildman–Crippen MR) is 73.4 cm³/mol. The van der Waals surface area contributed by atoms with Crippen molar-refractivity contribution in [2.75, 3.05) is 0 Å². The molecule has 3 rings (SSSR count). The zero-order chi connectivity index (χ0) is 13.4. The number of aromatic nitrogens is 2. The van der Waals surface area contributed by atoms with Crippen molar-refractivity contribution < 1.29 is 5.11 Å². The summed E-state index contributed by atoms with van der Waals surface area (Å²) in [5, 5.41) is 14.7. The van der Waals surface area contributed by atoms with E-state index in [-0.39, 0.29) is 11.8 Å². The van der Waals surface area contributed by atoms with Crippen LogP contribution in [-0.2, 0) is 7.05 Å². The molecule has 0 aliphatic carbocycles. The number of phenols is 1. The molecule has 0 bridgehead atoms. The van der Waals surface area contributed by atoms with Crippen LogP contribution in [0, 0.1) is 0 Å². The third-order valence-electron chi connectivity index (χ3n) is 3.25. The van der Waals surface area contributed by atoms with E-state index in [1.807, 2.05) is 23.7 Å². The van der Waals surface area contributed by atoms with Crippen molar-refractivity contribution in [3.63, 3.8) is 0 Å². The first-order valence-corrected chi connectivity index (χ1v) is 6.32. The Kier molecular flexibility index (Phi) is 2.91. The van der Waals surface area contributed by atoms with Crippen molar-refractivity contribution in [1.29, 1.82) is 0 Å². The fraction of sp³-hybridized carbons (Fsp3) is 0.231. The highest BCUT2D eigenvalue weighted by Crippen LogP contribution is 2.28. The van der Waals surface area contributed by atoms with Gasteiger partial charge in [-0.25, -0.2) is 4.98 Å². The summed E-state index contributed by atoms with van der Waals surface area (Å²) >= 11 is 5.98. The van der Waals surface area contributed by atoms with Gasteiger partial charge in [0.25, 0.3) is 0 Å². The molecule has 1 aromatic heterocycles. The molecule has 1 aliphatic rings. The van der Waals surface area contributed by atoms with Crippen molar-refractivity contribution in [2.45, 2.75) is 12.5 Å². The van der Waals surface area contributed by atoms with E-state index in [1.54, 1.807) is 18.3 Å². The van der Waals surface area contributed by atoms with E-state index in [4.69, 9.17) is 11.6 Å². The molecule has 0 fully saturated rings. The summed E-state index contributed by atoms with van der Waals surface area (Å²) < 4.78 is 1.82. The van der Waals surface area contributed by atoms with Crippen LogP contribution in [0.15, 0.2) is 35.6 Å². The van der Waals surface area contributed by atoms with Crippen molar-refractivity contribution in [3.8, 4) is 5.75 Å². The van der Waals surface area contributed by atoms with Gasteiger partial charge >= 0.3 is 0 Å². The quantitative estimate of drug-likeness (QED) is 0.884. The smallest absolute Gasteiger partial charge is 0.134 e. The summed E-state index contributed by atoms with van der Waals surface area (Å²) in [4.78, 5) is 4.28. The fourth-order valence-corrected chi connectivity index (χ4v) is 2.34. The van der Waals surface area contributed by atoms with Crippen molar-refractivity contribution in [3.05, 3.63) is 47.0 Å². The van der Waals surface area contributed by atoms with E-state index in [0.29, 0.717) is 11.6 Å². The minimum atomic E-state index is -0.0212. The van der Waals surface area contributed by atoms with E-state index >= 15 is 0 Å². The van der Waals surface area contributed by atoms with Crippen LogP contribution in [0.2, 0.25) is 5.15 Å². The molecule has 0 amide bonds. The van der Waals surface area contributed by atoms with Crippen LogP contribution in [0.1, 0.15) is 23.9 Å². The highest BCUT2D eigenvalue weighted by atomic mass is 35.5. The normalized spacial score (nSPS) is 18.2. The third-order valence-corrected chi connectivity index (χ3v) is 3.60. The van der Waals surface area contributed by atoms with E-state index in [1.165, 1.54) is 0 Å². The van der Waals surface area contributed by atoms with Crippen LogP contribution in [-0.4, -0.2) is 20.4 Å². The van der Waals surface area contributed by atoms with Crippen LogP contribution in [0.5, 0.6) is 5.75 Å². The number of para-hydroxylation sites is 1. The topological polar surface area (TPSA) is 62.4 Å². The van der Waals surface area contributed by atoms with Gasteiger partial charge in [-0.2, -0.15) is 5.10 Å². The summed E-state index contributed by atoms with van der Waals surface area (Å²) in [6.45, 7) is 0. The summed E-state index contributed by atoms with van der Waals surface area (Å²) in [5.41, 5.74) is 4.61. The minimum absolute atomic E-state index is 0.0212. The number of hydrogen-bond donors (Lipinski definition) is 2. The maximum absolute atomic E-state index is 9.84. The predicted octanol–water partition coefficient (Wildman–Crippen LogP) is 2.22. The summed E-state index contributed by atoms with van der Waals surface area (Å²) in [6.07, 6.45) is 2.29. The Hall–Kier alpha value is -2.01. The molecule has 0 saturated heterocycles. The highest BCUT2D eigenvalue weighted by Gasteiger charge is 2.26. The molecule has 5 nitrogen and oxygen atoms in total. The van der Waals surface area contributed by atoms with Crippen LogP contribution < -0.4 is 5.43 Å². The number of nitrogens with one attached hydrogen (secondary N) is 1. The Morgan fingerprint density at radius 2 is 2.21 bits per heavy atom. The number of nitrogens with zero attached hydrogens (tertiary/aromatic N) is 3. The molecule has 19 heavy (non-hydrogen) atoms. The maximum atomic E-state index is 9.84. The molecule has 1 aromatic carbocycles. The van der Waals surface area contributed by atoms with Crippen molar-refractivity contribution >= 4 is 17.3 Å². The third kappa shape index (κ3) is 2.06. The molecule has 2 heterocycles. The number of hydrogen-bond acceptors (Lipinski definition) is 4. The maximum Gasteiger partial charge on any atom is 0.134 e. The molecule has 0 spiro atoms. The van der Waals surface area contributed by atoms with Gasteiger partial charge in [0, 0.05) is 19.0 Å². The number of aromatic hydroxyl groups is 1. The van der Waals surface area contributed by atoms with Gasteiger partial charge in [-0.3, -0.25) is 5.43 Å². The largest absolute Gasteiger partial charge is 0.507 e. The average Bonchev–Trinajstić information content (AvgIpc) is 2.99.